The van der Waals surface area contributed by atoms with Crippen molar-refractivity contribution in [3.63, 3.8) is 0 Å². The predicted octanol–water partition coefficient (Wildman–Crippen LogP) is 1.47. The third kappa shape index (κ3) is 3.03. The van der Waals surface area contributed by atoms with Gasteiger partial charge in [0.2, 0.25) is 0 Å². The number of halogens is 1. The zero-order chi connectivity index (χ0) is 14.5. The number of hydrogen-bond acceptors (Lipinski definition) is 3. The summed E-state index contributed by atoms with van der Waals surface area (Å²) in [6, 6.07) is 7.45. The van der Waals surface area contributed by atoms with Crippen LogP contribution in [0.3, 0.4) is 0 Å². The van der Waals surface area contributed by atoms with E-state index in [1.165, 1.54) is 21.7 Å². The Morgan fingerprint density at radius 2 is 2.05 bits per heavy atom. The van der Waals surface area contributed by atoms with Crippen LogP contribution < -0.4 is 0 Å². The van der Waals surface area contributed by atoms with Crippen LogP contribution in [0.15, 0.2) is 36.5 Å². The van der Waals surface area contributed by atoms with E-state index in [2.05, 4.69) is 5.10 Å². The Hall–Kier alpha value is -2.21. The molecule has 1 N–H and O–H groups in total. The van der Waals surface area contributed by atoms with E-state index in [1.54, 1.807) is 24.4 Å². The van der Waals surface area contributed by atoms with Gasteiger partial charge in [-0.05, 0) is 37.3 Å². The van der Waals surface area contributed by atoms with Crippen LogP contribution in [0.25, 0.3) is 5.69 Å². The fourth-order valence-corrected chi connectivity index (χ4v) is 1.86. The summed E-state index contributed by atoms with van der Waals surface area (Å²) in [6.07, 6.45) is 1.65. The molecule has 1 aromatic carbocycles. The zero-order valence-electron chi connectivity index (χ0n) is 11.2. The lowest BCUT2D eigenvalue weighted by atomic mass is 10.3. The maximum atomic E-state index is 12.9. The molecule has 0 atom stereocenters. The average Bonchev–Trinajstić information content (AvgIpc) is 2.94. The Kier molecular flexibility index (Phi) is 4.47. The van der Waals surface area contributed by atoms with Crippen LogP contribution in [0, 0.1) is 5.82 Å². The summed E-state index contributed by atoms with van der Waals surface area (Å²) in [6.45, 7) is 2.53. The summed E-state index contributed by atoms with van der Waals surface area (Å²) in [4.78, 5) is 13.7. The van der Waals surface area contributed by atoms with E-state index in [1.807, 2.05) is 6.92 Å². The molecule has 0 aliphatic rings. The van der Waals surface area contributed by atoms with Crippen LogP contribution >= 0.6 is 0 Å². The molecule has 0 bridgehead atoms. The van der Waals surface area contributed by atoms with E-state index in [-0.39, 0.29) is 24.9 Å². The van der Waals surface area contributed by atoms with Crippen LogP contribution in [0.5, 0.6) is 0 Å². The molecular formula is C14H16FN3O2. The lowest BCUT2D eigenvalue weighted by Crippen LogP contribution is -2.33. The fourth-order valence-electron chi connectivity index (χ4n) is 1.86. The molecule has 2 aromatic rings. The minimum atomic E-state index is -0.322. The second kappa shape index (κ2) is 6.29. The predicted molar refractivity (Wildman–Crippen MR) is 72.2 cm³/mol. The standard InChI is InChI=1S/C14H16FN3O2/c1-2-17(9-10-19)14(20)13-7-8-18(16-13)12-5-3-11(15)4-6-12/h3-8,19H,2,9-10H2,1H3. The second-order valence-electron chi connectivity index (χ2n) is 4.23. The summed E-state index contributed by atoms with van der Waals surface area (Å²) in [5.74, 6) is -0.556. The van der Waals surface area contributed by atoms with Crippen molar-refractivity contribution in [1.29, 1.82) is 0 Å². The number of carbonyl (C=O) groups is 1. The molecule has 0 spiro atoms. The first-order chi connectivity index (χ1) is 9.65. The number of rotatable bonds is 5. The van der Waals surface area contributed by atoms with Gasteiger partial charge in [0.1, 0.15) is 5.82 Å². The van der Waals surface area contributed by atoms with Gasteiger partial charge in [0.15, 0.2) is 5.69 Å². The van der Waals surface area contributed by atoms with Crippen molar-refractivity contribution < 1.29 is 14.3 Å². The number of hydrogen-bond donors (Lipinski definition) is 1. The smallest absolute Gasteiger partial charge is 0.274 e. The van der Waals surface area contributed by atoms with Crippen molar-refractivity contribution in [3.8, 4) is 5.69 Å². The van der Waals surface area contributed by atoms with Gasteiger partial charge in [-0.1, -0.05) is 0 Å². The minimum Gasteiger partial charge on any atom is -0.395 e. The highest BCUT2D eigenvalue weighted by Crippen LogP contribution is 2.10. The molecule has 2 rings (SSSR count). The monoisotopic (exact) mass is 277 g/mol. The van der Waals surface area contributed by atoms with Gasteiger partial charge in [0, 0.05) is 19.3 Å². The Labute approximate surface area is 116 Å². The van der Waals surface area contributed by atoms with E-state index in [0.29, 0.717) is 17.9 Å². The highest BCUT2D eigenvalue weighted by Gasteiger charge is 2.16. The van der Waals surface area contributed by atoms with E-state index in [9.17, 15) is 9.18 Å². The molecule has 5 nitrogen and oxygen atoms in total. The maximum Gasteiger partial charge on any atom is 0.274 e. The highest BCUT2D eigenvalue weighted by molar-refractivity contribution is 5.92. The second-order valence-corrected chi connectivity index (χ2v) is 4.23. The lowest BCUT2D eigenvalue weighted by molar-refractivity contribution is 0.0725. The van der Waals surface area contributed by atoms with Crippen molar-refractivity contribution in [2.75, 3.05) is 19.7 Å². The summed E-state index contributed by atoms with van der Waals surface area (Å²) >= 11 is 0. The van der Waals surface area contributed by atoms with Crippen molar-refractivity contribution in [3.05, 3.63) is 48.0 Å². The average molecular weight is 277 g/mol. The molecule has 0 fully saturated rings. The first kappa shape index (κ1) is 14.2. The Morgan fingerprint density at radius 1 is 1.35 bits per heavy atom. The van der Waals surface area contributed by atoms with Crippen LogP contribution in [-0.4, -0.2) is 45.4 Å². The van der Waals surface area contributed by atoms with Crippen LogP contribution in [0.1, 0.15) is 17.4 Å². The molecule has 0 aliphatic heterocycles. The van der Waals surface area contributed by atoms with Gasteiger partial charge in [-0.3, -0.25) is 4.79 Å². The number of likely N-dealkylation sites (N-methyl/N-ethyl adjacent to an activating group) is 1. The Morgan fingerprint density at radius 3 is 2.65 bits per heavy atom. The number of benzene rings is 1. The maximum absolute atomic E-state index is 12.9. The molecule has 1 aromatic heterocycles. The zero-order valence-corrected chi connectivity index (χ0v) is 11.2. The normalized spacial score (nSPS) is 10.6. The molecule has 0 saturated carbocycles. The van der Waals surface area contributed by atoms with Crippen LogP contribution in [-0.2, 0) is 0 Å². The fraction of sp³-hybridized carbons (Fsp3) is 0.286. The molecule has 0 radical (unpaired) electrons. The van der Waals surface area contributed by atoms with E-state index < -0.39 is 0 Å². The first-order valence-corrected chi connectivity index (χ1v) is 6.37. The van der Waals surface area contributed by atoms with Gasteiger partial charge in [-0.25, -0.2) is 9.07 Å². The molecule has 0 saturated heterocycles. The third-order valence-electron chi connectivity index (χ3n) is 2.94. The van der Waals surface area contributed by atoms with Crippen molar-refractivity contribution in [2.24, 2.45) is 0 Å². The first-order valence-electron chi connectivity index (χ1n) is 6.37. The van der Waals surface area contributed by atoms with Gasteiger partial charge >= 0.3 is 0 Å². The summed E-state index contributed by atoms with van der Waals surface area (Å²) in [5, 5.41) is 13.1. The molecule has 0 aliphatic carbocycles. The molecule has 0 unspecified atom stereocenters. The summed E-state index contributed by atoms with van der Waals surface area (Å²) in [5.41, 5.74) is 0.972. The number of aromatic nitrogens is 2. The third-order valence-corrected chi connectivity index (χ3v) is 2.94. The molecule has 20 heavy (non-hydrogen) atoms. The van der Waals surface area contributed by atoms with Gasteiger partial charge in [0.25, 0.3) is 5.91 Å². The Balaban J connectivity index is 2.20. The quantitative estimate of drug-likeness (QED) is 0.900. The van der Waals surface area contributed by atoms with Crippen molar-refractivity contribution in [2.45, 2.75) is 6.92 Å². The summed E-state index contributed by atoms with van der Waals surface area (Å²) in [7, 11) is 0. The van der Waals surface area contributed by atoms with Gasteiger partial charge in [-0.15, -0.1) is 0 Å². The number of amides is 1. The SMILES string of the molecule is CCN(CCO)C(=O)c1ccn(-c2ccc(F)cc2)n1. The summed E-state index contributed by atoms with van der Waals surface area (Å²) < 4.78 is 14.4. The number of aliphatic hydroxyl groups excluding tert-OH is 1. The van der Waals surface area contributed by atoms with Crippen LogP contribution in [0.2, 0.25) is 0 Å². The van der Waals surface area contributed by atoms with Crippen molar-refractivity contribution >= 4 is 5.91 Å². The largest absolute Gasteiger partial charge is 0.395 e. The lowest BCUT2D eigenvalue weighted by Gasteiger charge is -2.18. The minimum absolute atomic E-state index is 0.0851. The van der Waals surface area contributed by atoms with Crippen LogP contribution in [0.4, 0.5) is 4.39 Å². The van der Waals surface area contributed by atoms with E-state index >= 15 is 0 Å². The Bertz CT molecular complexity index is 580. The highest BCUT2D eigenvalue weighted by atomic mass is 19.1. The molecule has 1 heterocycles. The van der Waals surface area contributed by atoms with Gasteiger partial charge in [-0.2, -0.15) is 5.10 Å². The van der Waals surface area contributed by atoms with Crippen molar-refractivity contribution in [1.82, 2.24) is 14.7 Å². The molecule has 106 valence electrons. The molecule has 6 heteroatoms. The number of aliphatic hydroxyl groups is 1. The number of nitrogens with zero attached hydrogens (tertiary/aromatic N) is 3. The molecule has 1 amide bonds. The topological polar surface area (TPSA) is 58.4 Å². The molecular weight excluding hydrogens is 261 g/mol. The van der Waals surface area contributed by atoms with Gasteiger partial charge in [0.05, 0.1) is 12.3 Å². The van der Waals surface area contributed by atoms with Gasteiger partial charge < -0.3 is 10.0 Å². The van der Waals surface area contributed by atoms with E-state index in [0.717, 1.165) is 0 Å². The van der Waals surface area contributed by atoms with E-state index in [4.69, 9.17) is 5.11 Å². The number of carbonyl (C=O) groups excluding carboxylic acids is 1.